The van der Waals surface area contributed by atoms with Crippen molar-refractivity contribution >= 4 is 18.6 Å². The minimum Gasteiger partial charge on any atom is -0.324 e. The Labute approximate surface area is 72.7 Å². The monoisotopic (exact) mass is 198 g/mol. The zero-order valence-electron chi connectivity index (χ0n) is 6.70. The molecule has 2 atom stereocenters. The molecule has 0 heterocycles. The zero-order chi connectivity index (χ0) is 8.20. The van der Waals surface area contributed by atoms with Gasteiger partial charge in [-0.2, -0.15) is 0 Å². The fourth-order valence-corrected chi connectivity index (χ4v) is 1.29. The maximum atomic E-state index is 10.9. The highest BCUT2D eigenvalue weighted by atomic mass is 31.2. The van der Waals surface area contributed by atoms with E-state index in [1.165, 1.54) is 0 Å². The lowest BCUT2D eigenvalue weighted by Gasteiger charge is -2.14. The fraction of sp³-hybridized carbons (Fsp3) is 1.00. The zero-order valence-corrected chi connectivity index (χ0v) is 7.60. The van der Waals surface area contributed by atoms with Crippen LogP contribution in [-0.4, -0.2) is 28.1 Å². The molecule has 0 bridgehead atoms. The molecule has 0 amide bonds. The molecule has 2 unspecified atom stereocenters. The molecule has 0 rings (SSSR count). The summed E-state index contributed by atoms with van der Waals surface area (Å²) in [5.74, 6) is 0. The summed E-state index contributed by atoms with van der Waals surface area (Å²) in [5.41, 5.74) is 0. The largest absolute Gasteiger partial charge is 0.328 e. The first-order valence-corrected chi connectivity index (χ1v) is 5.28. The van der Waals surface area contributed by atoms with Gasteiger partial charge in [-0.05, 0) is 24.3 Å². The summed E-state index contributed by atoms with van der Waals surface area (Å²) < 4.78 is 15.7. The predicted molar refractivity (Wildman–Crippen MR) is 52.5 cm³/mol. The van der Waals surface area contributed by atoms with Gasteiger partial charge >= 0.3 is 7.60 Å². The third kappa shape index (κ3) is 6.75. The summed E-state index contributed by atoms with van der Waals surface area (Å²) in [6, 6.07) is 0. The van der Waals surface area contributed by atoms with Crippen LogP contribution in [0.25, 0.3) is 0 Å². The lowest BCUT2D eigenvalue weighted by atomic mass is 10.3. The summed E-state index contributed by atoms with van der Waals surface area (Å²) in [5, 5.41) is 0. The first-order valence-electron chi connectivity index (χ1n) is 3.52. The predicted octanol–water partition coefficient (Wildman–Crippen LogP) is 0.555. The molecule has 0 spiro atoms. The van der Waals surface area contributed by atoms with E-state index in [1.54, 1.807) is 13.8 Å². The van der Waals surface area contributed by atoms with Gasteiger partial charge in [-0.15, -0.1) is 0 Å². The molecule has 0 saturated heterocycles. The van der Waals surface area contributed by atoms with Crippen LogP contribution in [0, 0.1) is 0 Å². The van der Waals surface area contributed by atoms with Gasteiger partial charge in [0.15, 0.2) is 0 Å². The van der Waals surface area contributed by atoms with Gasteiger partial charge in [0.25, 0.3) is 0 Å². The van der Waals surface area contributed by atoms with Crippen molar-refractivity contribution in [1.82, 2.24) is 0 Å². The molecule has 70 valence electrons. The highest BCUT2D eigenvalue weighted by Crippen LogP contribution is 2.42. The lowest BCUT2D eigenvalue weighted by molar-refractivity contribution is 0.186. The molecule has 11 heavy (non-hydrogen) atoms. The third-order valence-electron chi connectivity index (χ3n) is 1.32. The molecule has 0 aromatic heterocycles. The van der Waals surface area contributed by atoms with E-state index in [-0.39, 0.29) is 23.2 Å². The summed E-state index contributed by atoms with van der Waals surface area (Å²) in [7, 11) is -3.25. The molecule has 5 heteroatoms. The Balaban J connectivity index is 0. The van der Waals surface area contributed by atoms with Crippen molar-refractivity contribution in [2.75, 3.05) is 6.16 Å². The average Bonchev–Trinajstić information content (AvgIpc) is 1.87. The van der Waals surface area contributed by atoms with Crippen LogP contribution in [0.4, 0.5) is 0 Å². The Morgan fingerprint density at radius 3 is 2.27 bits per heavy atom. The van der Waals surface area contributed by atoms with E-state index in [0.29, 0.717) is 0 Å². The van der Waals surface area contributed by atoms with Crippen LogP contribution >= 0.6 is 7.60 Å². The van der Waals surface area contributed by atoms with E-state index in [4.69, 9.17) is 9.42 Å². The van der Waals surface area contributed by atoms with E-state index in [9.17, 15) is 4.57 Å². The van der Waals surface area contributed by atoms with Gasteiger partial charge in [-0.1, -0.05) is 13.8 Å². The highest BCUT2D eigenvalue weighted by molar-refractivity contribution is 7.52. The van der Waals surface area contributed by atoms with Gasteiger partial charge in [0, 0.05) is 6.16 Å². The van der Waals surface area contributed by atoms with Gasteiger partial charge in [0.2, 0.25) is 0 Å². The molecule has 3 nitrogen and oxygen atoms in total. The van der Waals surface area contributed by atoms with Crippen LogP contribution in [0.2, 0.25) is 0 Å². The number of hydrogen-bond acceptors (Lipinski definition) is 2. The van der Waals surface area contributed by atoms with E-state index in [0.717, 1.165) is 6.42 Å². The van der Waals surface area contributed by atoms with Gasteiger partial charge in [0.1, 0.15) is 0 Å². The Bertz CT molecular complexity index is 140. The van der Waals surface area contributed by atoms with Gasteiger partial charge < -0.3 is 9.42 Å². The third-order valence-corrected chi connectivity index (χ3v) is 2.81. The second-order valence-corrected chi connectivity index (χ2v) is 4.40. The van der Waals surface area contributed by atoms with Crippen molar-refractivity contribution in [3.8, 4) is 0 Å². The van der Waals surface area contributed by atoms with E-state index in [1.807, 2.05) is 6.92 Å². The molecular formula is C6H19O3PSi. The molecule has 0 saturated carbocycles. The molecule has 0 fully saturated rings. The molecule has 0 aromatic carbocycles. The summed E-state index contributed by atoms with van der Waals surface area (Å²) in [4.78, 5) is 8.96. The first-order chi connectivity index (χ1) is 4.52. The molecule has 0 radical (unpaired) electrons. The van der Waals surface area contributed by atoms with Gasteiger partial charge in [-0.25, -0.2) is 0 Å². The minimum atomic E-state index is -3.25. The summed E-state index contributed by atoms with van der Waals surface area (Å²) in [6.45, 7) is 5.35. The molecule has 0 aliphatic heterocycles. The van der Waals surface area contributed by atoms with Crippen molar-refractivity contribution in [2.24, 2.45) is 0 Å². The number of hydrogen-bond donors (Lipinski definition) is 1. The minimum absolute atomic E-state index is 0. The van der Waals surface area contributed by atoms with Crippen molar-refractivity contribution in [3.05, 3.63) is 0 Å². The second kappa shape index (κ2) is 5.95. The van der Waals surface area contributed by atoms with Crippen LogP contribution in [0.5, 0.6) is 0 Å². The Kier molecular flexibility index (Phi) is 7.53. The SMILES string of the molecule is CCC(C)OP(=O)(O)CC.[SiH4]. The molecular weight excluding hydrogens is 179 g/mol. The maximum Gasteiger partial charge on any atom is 0.328 e. The van der Waals surface area contributed by atoms with Crippen LogP contribution < -0.4 is 0 Å². The lowest BCUT2D eigenvalue weighted by Crippen LogP contribution is -2.04. The van der Waals surface area contributed by atoms with Crippen molar-refractivity contribution in [2.45, 2.75) is 33.3 Å². The summed E-state index contributed by atoms with van der Waals surface area (Å²) in [6.07, 6.45) is 0.845. The Morgan fingerprint density at radius 2 is 2.00 bits per heavy atom. The van der Waals surface area contributed by atoms with Gasteiger partial charge in [0.05, 0.1) is 6.10 Å². The second-order valence-electron chi connectivity index (χ2n) is 2.28. The van der Waals surface area contributed by atoms with E-state index in [2.05, 4.69) is 0 Å². The Morgan fingerprint density at radius 1 is 1.55 bits per heavy atom. The van der Waals surface area contributed by atoms with E-state index < -0.39 is 7.60 Å². The molecule has 1 N–H and O–H groups in total. The van der Waals surface area contributed by atoms with Crippen LogP contribution in [-0.2, 0) is 9.09 Å². The van der Waals surface area contributed by atoms with Crippen LogP contribution in [0.3, 0.4) is 0 Å². The quantitative estimate of drug-likeness (QED) is 0.530. The normalized spacial score (nSPS) is 18.2. The molecule has 0 aromatic rings. The standard InChI is InChI=1S/C6H15O3P.H4Si/c1-4-6(3)9-10(7,8)5-2;/h6H,4-5H2,1-3H3,(H,7,8);1H4. The Hall–Kier alpha value is 0.367. The smallest absolute Gasteiger partial charge is 0.324 e. The summed E-state index contributed by atoms with van der Waals surface area (Å²) >= 11 is 0. The van der Waals surface area contributed by atoms with Crippen molar-refractivity contribution < 1.29 is 14.0 Å². The van der Waals surface area contributed by atoms with Crippen LogP contribution in [0.15, 0.2) is 0 Å². The van der Waals surface area contributed by atoms with Crippen molar-refractivity contribution in [1.29, 1.82) is 0 Å². The maximum absolute atomic E-state index is 10.9. The van der Waals surface area contributed by atoms with E-state index >= 15 is 0 Å². The van der Waals surface area contributed by atoms with Crippen LogP contribution in [0.1, 0.15) is 27.2 Å². The van der Waals surface area contributed by atoms with Crippen molar-refractivity contribution in [3.63, 3.8) is 0 Å². The highest BCUT2D eigenvalue weighted by Gasteiger charge is 2.18. The fourth-order valence-electron chi connectivity index (χ4n) is 0.430. The average molecular weight is 198 g/mol. The van der Waals surface area contributed by atoms with Gasteiger partial charge in [-0.3, -0.25) is 4.57 Å². The topological polar surface area (TPSA) is 46.5 Å². The molecule has 0 aliphatic rings. The number of rotatable bonds is 4. The first kappa shape index (κ1) is 13.9. The molecule has 0 aliphatic carbocycles.